The van der Waals surface area contributed by atoms with Crippen LogP contribution < -0.4 is 5.32 Å². The lowest BCUT2D eigenvalue weighted by Gasteiger charge is -2.11. The molecule has 26 heavy (non-hydrogen) atoms. The second-order valence-corrected chi connectivity index (χ2v) is 6.22. The number of carbonyl (C=O) groups is 2. The van der Waals surface area contributed by atoms with Crippen molar-refractivity contribution >= 4 is 46.5 Å². The fraction of sp³-hybridized carbons (Fsp3) is 0.176. The Labute approximate surface area is 159 Å². The van der Waals surface area contributed by atoms with E-state index in [-0.39, 0.29) is 22.0 Å². The number of esters is 1. The van der Waals surface area contributed by atoms with Gasteiger partial charge < -0.3 is 10.1 Å². The van der Waals surface area contributed by atoms with Gasteiger partial charge in [-0.2, -0.15) is 0 Å². The Balaban J connectivity index is 2.02. The van der Waals surface area contributed by atoms with Crippen LogP contribution in [0.4, 0.5) is 11.4 Å². The molecule has 1 N–H and O–H groups in total. The van der Waals surface area contributed by atoms with Crippen molar-refractivity contribution in [1.29, 1.82) is 0 Å². The summed E-state index contributed by atoms with van der Waals surface area (Å²) < 4.78 is 4.92. The number of nitro groups is 1. The lowest BCUT2D eigenvalue weighted by molar-refractivity contribution is -0.385. The molecule has 9 heteroatoms. The van der Waals surface area contributed by atoms with Crippen LogP contribution in [0.15, 0.2) is 30.3 Å². The first-order valence-electron chi connectivity index (χ1n) is 7.37. The van der Waals surface area contributed by atoms with Crippen LogP contribution in [0.2, 0.25) is 10.0 Å². The van der Waals surface area contributed by atoms with Crippen molar-refractivity contribution in [2.75, 3.05) is 11.9 Å². The zero-order chi connectivity index (χ0) is 19.4. The number of benzene rings is 2. The Morgan fingerprint density at radius 1 is 1.15 bits per heavy atom. The summed E-state index contributed by atoms with van der Waals surface area (Å²) in [6, 6.07) is 7.09. The fourth-order valence-electron chi connectivity index (χ4n) is 2.15. The maximum absolute atomic E-state index is 12.0. The van der Waals surface area contributed by atoms with Crippen LogP contribution in [-0.4, -0.2) is 23.4 Å². The molecular formula is C17H14Cl2N2O5. The lowest BCUT2D eigenvalue weighted by atomic mass is 10.1. The van der Waals surface area contributed by atoms with Crippen molar-refractivity contribution < 1.29 is 19.2 Å². The molecule has 2 rings (SSSR count). The topological polar surface area (TPSA) is 98.5 Å². The Morgan fingerprint density at radius 3 is 2.46 bits per heavy atom. The van der Waals surface area contributed by atoms with Gasteiger partial charge in [-0.1, -0.05) is 29.3 Å². The maximum atomic E-state index is 12.0. The Morgan fingerprint density at radius 2 is 1.85 bits per heavy atom. The third-order valence-electron chi connectivity index (χ3n) is 3.51. The summed E-state index contributed by atoms with van der Waals surface area (Å²) in [7, 11) is 0. The number of nitrogens with one attached hydrogen (secondary N) is 1. The van der Waals surface area contributed by atoms with Gasteiger partial charge in [-0.15, -0.1) is 0 Å². The van der Waals surface area contributed by atoms with Crippen LogP contribution in [0.5, 0.6) is 0 Å². The third kappa shape index (κ3) is 4.50. The normalized spacial score (nSPS) is 10.3. The van der Waals surface area contributed by atoms with Crippen molar-refractivity contribution in [3.05, 3.63) is 67.2 Å². The first-order valence-corrected chi connectivity index (χ1v) is 8.13. The van der Waals surface area contributed by atoms with Gasteiger partial charge >= 0.3 is 5.97 Å². The molecule has 1 amide bonds. The number of halogens is 2. The summed E-state index contributed by atoms with van der Waals surface area (Å²) in [5.74, 6) is -1.40. The Bertz CT molecular complexity index is 899. The molecule has 0 aromatic heterocycles. The van der Waals surface area contributed by atoms with Crippen molar-refractivity contribution in [2.45, 2.75) is 13.8 Å². The summed E-state index contributed by atoms with van der Waals surface area (Å²) in [6.45, 7) is 2.70. The van der Waals surface area contributed by atoms with Crippen LogP contribution in [-0.2, 0) is 9.53 Å². The van der Waals surface area contributed by atoms with E-state index in [0.29, 0.717) is 10.6 Å². The van der Waals surface area contributed by atoms with Gasteiger partial charge in [0.05, 0.1) is 26.2 Å². The van der Waals surface area contributed by atoms with E-state index in [1.165, 1.54) is 25.1 Å². The van der Waals surface area contributed by atoms with Gasteiger partial charge in [0, 0.05) is 11.6 Å². The van der Waals surface area contributed by atoms with Crippen LogP contribution >= 0.6 is 23.2 Å². The molecule has 0 saturated carbocycles. The van der Waals surface area contributed by atoms with E-state index < -0.39 is 23.4 Å². The second-order valence-electron chi connectivity index (χ2n) is 5.44. The number of anilines is 1. The van der Waals surface area contributed by atoms with Gasteiger partial charge in [-0.25, -0.2) is 4.79 Å². The summed E-state index contributed by atoms with van der Waals surface area (Å²) >= 11 is 12.1. The zero-order valence-corrected chi connectivity index (χ0v) is 15.4. The summed E-state index contributed by atoms with van der Waals surface area (Å²) in [4.78, 5) is 34.2. The smallest absolute Gasteiger partial charge is 0.338 e. The minimum Gasteiger partial charge on any atom is -0.452 e. The van der Waals surface area contributed by atoms with Crippen molar-refractivity contribution in [3.63, 3.8) is 0 Å². The molecule has 0 bridgehead atoms. The largest absolute Gasteiger partial charge is 0.452 e. The van der Waals surface area contributed by atoms with Gasteiger partial charge in [-0.05, 0) is 37.6 Å². The molecule has 7 nitrogen and oxygen atoms in total. The second kappa shape index (κ2) is 8.16. The molecule has 0 unspecified atom stereocenters. The van der Waals surface area contributed by atoms with Crippen molar-refractivity contribution in [1.82, 2.24) is 0 Å². The van der Waals surface area contributed by atoms with Gasteiger partial charge in [0.25, 0.3) is 11.6 Å². The van der Waals surface area contributed by atoms with Crippen molar-refractivity contribution in [2.24, 2.45) is 0 Å². The number of carbonyl (C=O) groups excluding carboxylic acids is 2. The van der Waals surface area contributed by atoms with Gasteiger partial charge in [0.15, 0.2) is 6.61 Å². The van der Waals surface area contributed by atoms with Gasteiger partial charge in [0.1, 0.15) is 0 Å². The van der Waals surface area contributed by atoms with E-state index in [2.05, 4.69) is 5.32 Å². The zero-order valence-electron chi connectivity index (χ0n) is 13.8. The van der Waals surface area contributed by atoms with Crippen LogP contribution in [0.1, 0.15) is 21.5 Å². The molecular weight excluding hydrogens is 383 g/mol. The molecule has 136 valence electrons. The maximum Gasteiger partial charge on any atom is 0.338 e. The summed E-state index contributed by atoms with van der Waals surface area (Å²) in [6.07, 6.45) is 0. The number of hydrogen-bond acceptors (Lipinski definition) is 5. The Hall–Kier alpha value is -2.64. The highest BCUT2D eigenvalue weighted by atomic mass is 35.5. The fourth-order valence-corrected chi connectivity index (χ4v) is 2.61. The number of nitrogens with zero attached hydrogens (tertiary/aromatic N) is 1. The van der Waals surface area contributed by atoms with Crippen LogP contribution in [0.25, 0.3) is 0 Å². The molecule has 2 aromatic carbocycles. The van der Waals surface area contributed by atoms with Gasteiger partial charge in [0.2, 0.25) is 0 Å². The number of nitro benzene ring substituents is 1. The van der Waals surface area contributed by atoms with E-state index in [1.54, 1.807) is 19.1 Å². The first kappa shape index (κ1) is 19.7. The van der Waals surface area contributed by atoms with Crippen LogP contribution in [0.3, 0.4) is 0 Å². The monoisotopic (exact) mass is 396 g/mol. The van der Waals surface area contributed by atoms with E-state index >= 15 is 0 Å². The molecule has 0 fully saturated rings. The highest BCUT2D eigenvalue weighted by Crippen LogP contribution is 2.32. The van der Waals surface area contributed by atoms with Crippen LogP contribution in [0, 0.1) is 24.0 Å². The molecule has 0 aliphatic carbocycles. The molecule has 2 aromatic rings. The summed E-state index contributed by atoms with van der Waals surface area (Å²) in [5, 5.41) is 13.8. The minimum atomic E-state index is -0.778. The molecule has 0 aliphatic heterocycles. The number of ether oxygens (including phenoxy) is 1. The van der Waals surface area contributed by atoms with E-state index in [4.69, 9.17) is 27.9 Å². The number of aryl methyl sites for hydroxylation is 2. The highest BCUT2D eigenvalue weighted by molar-refractivity contribution is 6.40. The predicted molar refractivity (Wildman–Crippen MR) is 97.9 cm³/mol. The standard InChI is InChI=1S/C17H14Cl2N2O5/c1-9-3-5-12(18)16(15(9)19)20-14(22)8-26-17(23)11-4-6-13(21(24)25)10(2)7-11/h3-7H,8H2,1-2H3,(H,20,22). The molecule has 0 spiro atoms. The minimum absolute atomic E-state index is 0.104. The molecule has 0 radical (unpaired) electrons. The van der Waals surface area contributed by atoms with E-state index in [9.17, 15) is 19.7 Å². The quantitative estimate of drug-likeness (QED) is 0.461. The lowest BCUT2D eigenvalue weighted by Crippen LogP contribution is -2.21. The number of rotatable bonds is 5. The van der Waals surface area contributed by atoms with E-state index in [0.717, 1.165) is 5.56 Å². The molecule has 0 aliphatic rings. The average molecular weight is 397 g/mol. The summed E-state index contributed by atoms with van der Waals surface area (Å²) in [5.41, 5.74) is 1.27. The highest BCUT2D eigenvalue weighted by Gasteiger charge is 2.17. The van der Waals surface area contributed by atoms with Gasteiger partial charge in [-0.3, -0.25) is 14.9 Å². The predicted octanol–water partition coefficient (Wildman–Crippen LogP) is 4.31. The molecule has 0 saturated heterocycles. The number of amides is 1. The Kier molecular flexibility index (Phi) is 6.18. The first-order chi connectivity index (χ1) is 12.2. The van der Waals surface area contributed by atoms with Crippen molar-refractivity contribution in [3.8, 4) is 0 Å². The molecule has 0 heterocycles. The SMILES string of the molecule is Cc1cc(C(=O)OCC(=O)Nc2c(Cl)ccc(C)c2Cl)ccc1[N+](=O)[O-]. The number of hydrogen-bond donors (Lipinski definition) is 1. The molecule has 0 atom stereocenters. The third-order valence-corrected chi connectivity index (χ3v) is 4.31. The average Bonchev–Trinajstić information content (AvgIpc) is 2.59. The van der Waals surface area contributed by atoms with E-state index in [1.807, 2.05) is 0 Å².